The molecule has 0 spiro atoms. The van der Waals surface area contributed by atoms with Gasteiger partial charge in [-0.2, -0.15) is 0 Å². The highest BCUT2D eigenvalue weighted by atomic mass is 16.5. The number of ether oxygens (including phenoxy) is 2. The molecule has 3 rings (SSSR count). The molecule has 0 amide bonds. The van der Waals surface area contributed by atoms with Gasteiger partial charge in [0.15, 0.2) is 0 Å². The van der Waals surface area contributed by atoms with Gasteiger partial charge in [-0.25, -0.2) is 0 Å². The summed E-state index contributed by atoms with van der Waals surface area (Å²) in [7, 11) is 1.58. The molecular weight excluding hydrogens is 344 g/mol. The van der Waals surface area contributed by atoms with Gasteiger partial charge in [-0.1, -0.05) is 29.8 Å². The van der Waals surface area contributed by atoms with E-state index >= 15 is 0 Å². The molecule has 0 atom stereocenters. The topological polar surface area (TPSA) is 83.6 Å². The average molecular weight is 368 g/mol. The van der Waals surface area contributed by atoms with Gasteiger partial charge in [0.25, 0.3) is 5.56 Å². The van der Waals surface area contributed by atoms with Crippen molar-refractivity contribution in [1.29, 1.82) is 0 Å². The first-order valence-electron chi connectivity index (χ1n) is 8.87. The van der Waals surface area contributed by atoms with Crippen molar-refractivity contribution in [2.24, 2.45) is 0 Å². The molecule has 3 aromatic rings. The van der Waals surface area contributed by atoms with Crippen LogP contribution in [0.4, 0.5) is 5.69 Å². The third-order valence-electron chi connectivity index (χ3n) is 4.35. The number of aryl methyl sites for hydroxylation is 1. The summed E-state index contributed by atoms with van der Waals surface area (Å²) < 4.78 is 10.6. The maximum atomic E-state index is 12.7. The van der Waals surface area contributed by atoms with Gasteiger partial charge in [0.2, 0.25) is 0 Å². The summed E-state index contributed by atoms with van der Waals surface area (Å²) in [6, 6.07) is 13.5. The molecule has 6 nitrogen and oxygen atoms in total. The van der Waals surface area contributed by atoms with Crippen molar-refractivity contribution < 1.29 is 14.6 Å². The van der Waals surface area contributed by atoms with E-state index in [0.717, 1.165) is 27.9 Å². The summed E-state index contributed by atoms with van der Waals surface area (Å²) in [6.07, 6.45) is 0. The third-order valence-corrected chi connectivity index (χ3v) is 4.35. The Morgan fingerprint density at radius 1 is 1.07 bits per heavy atom. The first-order valence-corrected chi connectivity index (χ1v) is 8.87. The number of rotatable bonds is 8. The zero-order valence-electron chi connectivity index (χ0n) is 15.5. The van der Waals surface area contributed by atoms with Gasteiger partial charge in [-0.05, 0) is 25.1 Å². The monoisotopic (exact) mass is 368 g/mol. The Bertz CT molecular complexity index is 964. The molecule has 1 aromatic heterocycles. The molecule has 27 heavy (non-hydrogen) atoms. The number of aromatic nitrogens is 1. The molecule has 0 aliphatic rings. The highest BCUT2D eigenvalue weighted by Crippen LogP contribution is 2.32. The van der Waals surface area contributed by atoms with Crippen LogP contribution < -0.4 is 15.6 Å². The number of benzene rings is 2. The summed E-state index contributed by atoms with van der Waals surface area (Å²) in [5.41, 5.74) is 3.48. The highest BCUT2D eigenvalue weighted by Gasteiger charge is 2.14. The number of hydrogen-bond acceptors (Lipinski definition) is 5. The largest absolute Gasteiger partial charge is 0.497 e. The summed E-state index contributed by atoms with van der Waals surface area (Å²) in [5, 5.41) is 13.6. The van der Waals surface area contributed by atoms with Gasteiger partial charge < -0.3 is 24.9 Å². The Hall–Kier alpha value is -2.83. The number of nitrogens with one attached hydrogen (secondary N) is 2. The van der Waals surface area contributed by atoms with Crippen LogP contribution in [0, 0.1) is 6.92 Å². The van der Waals surface area contributed by atoms with Gasteiger partial charge >= 0.3 is 0 Å². The molecule has 0 bridgehead atoms. The normalized spacial score (nSPS) is 10.9. The molecular formula is C21H24N2O4. The molecule has 142 valence electrons. The Labute approximate surface area is 157 Å². The second-order valence-corrected chi connectivity index (χ2v) is 6.24. The predicted molar refractivity (Wildman–Crippen MR) is 108 cm³/mol. The van der Waals surface area contributed by atoms with Crippen molar-refractivity contribution in [3.63, 3.8) is 0 Å². The van der Waals surface area contributed by atoms with Crippen molar-refractivity contribution >= 4 is 16.5 Å². The Kier molecular flexibility index (Phi) is 6.11. The van der Waals surface area contributed by atoms with E-state index in [4.69, 9.17) is 14.6 Å². The fourth-order valence-corrected chi connectivity index (χ4v) is 2.97. The predicted octanol–water partition coefficient (Wildman–Crippen LogP) is 2.93. The third kappa shape index (κ3) is 4.30. The van der Waals surface area contributed by atoms with Crippen LogP contribution in [0.15, 0.2) is 47.3 Å². The van der Waals surface area contributed by atoms with Crippen molar-refractivity contribution in [3.8, 4) is 17.0 Å². The fraction of sp³-hybridized carbons (Fsp3) is 0.286. The van der Waals surface area contributed by atoms with Gasteiger partial charge in [0, 0.05) is 17.5 Å². The summed E-state index contributed by atoms with van der Waals surface area (Å²) in [4.78, 5) is 15.7. The van der Waals surface area contributed by atoms with Gasteiger partial charge in [0.05, 0.1) is 43.7 Å². The number of aromatic amines is 1. The first-order chi connectivity index (χ1) is 13.1. The van der Waals surface area contributed by atoms with E-state index in [9.17, 15) is 4.79 Å². The van der Waals surface area contributed by atoms with E-state index in [1.165, 1.54) is 0 Å². The second-order valence-electron chi connectivity index (χ2n) is 6.24. The lowest BCUT2D eigenvalue weighted by Crippen LogP contribution is -2.16. The minimum absolute atomic E-state index is 0.00397. The number of anilines is 1. The lowest BCUT2D eigenvalue weighted by Gasteiger charge is -2.16. The van der Waals surface area contributed by atoms with Crippen LogP contribution in [-0.4, -0.2) is 43.6 Å². The number of pyridine rings is 1. The number of fused-ring (bicyclic) bond motifs is 1. The average Bonchev–Trinajstić information content (AvgIpc) is 2.69. The van der Waals surface area contributed by atoms with Gasteiger partial charge in [0.1, 0.15) is 5.75 Å². The molecule has 0 aliphatic heterocycles. The molecule has 0 aliphatic carbocycles. The zero-order valence-corrected chi connectivity index (χ0v) is 15.5. The van der Waals surface area contributed by atoms with E-state index in [0.29, 0.717) is 30.9 Å². The lowest BCUT2D eigenvalue weighted by molar-refractivity contribution is 0.0992. The van der Waals surface area contributed by atoms with Crippen LogP contribution >= 0.6 is 0 Å². The van der Waals surface area contributed by atoms with E-state index in [1.54, 1.807) is 13.2 Å². The molecule has 0 unspecified atom stereocenters. The fourth-order valence-electron chi connectivity index (χ4n) is 2.97. The van der Waals surface area contributed by atoms with E-state index in [1.807, 2.05) is 43.3 Å². The van der Waals surface area contributed by atoms with Crippen LogP contribution in [-0.2, 0) is 4.74 Å². The summed E-state index contributed by atoms with van der Waals surface area (Å²) in [5.74, 6) is 0.633. The molecule has 0 saturated carbocycles. The quantitative estimate of drug-likeness (QED) is 0.533. The van der Waals surface area contributed by atoms with Crippen molar-refractivity contribution in [2.45, 2.75) is 6.92 Å². The SMILES string of the molecule is COc1ccc2c(NCCOCCO)c(-c3ccc(C)cc3)[nH]c(=O)c2c1. The van der Waals surface area contributed by atoms with E-state index < -0.39 is 0 Å². The van der Waals surface area contributed by atoms with Crippen molar-refractivity contribution in [1.82, 2.24) is 4.98 Å². The maximum absolute atomic E-state index is 12.7. The Morgan fingerprint density at radius 2 is 1.85 bits per heavy atom. The van der Waals surface area contributed by atoms with Crippen LogP contribution in [0.25, 0.3) is 22.0 Å². The lowest BCUT2D eigenvalue weighted by atomic mass is 10.0. The van der Waals surface area contributed by atoms with Crippen molar-refractivity contribution in [2.75, 3.05) is 38.8 Å². The first kappa shape index (κ1) is 18.9. The van der Waals surface area contributed by atoms with Crippen LogP contribution in [0.3, 0.4) is 0 Å². The number of methoxy groups -OCH3 is 1. The number of H-pyrrole nitrogens is 1. The number of aliphatic hydroxyl groups excluding tert-OH is 1. The minimum atomic E-state index is -0.165. The summed E-state index contributed by atoms with van der Waals surface area (Å²) >= 11 is 0. The zero-order chi connectivity index (χ0) is 19.2. The smallest absolute Gasteiger partial charge is 0.256 e. The molecule has 1 heterocycles. The Balaban J connectivity index is 2.07. The molecule has 2 aromatic carbocycles. The highest BCUT2D eigenvalue weighted by molar-refractivity contribution is 6.00. The van der Waals surface area contributed by atoms with Crippen LogP contribution in [0.5, 0.6) is 5.75 Å². The van der Waals surface area contributed by atoms with Gasteiger partial charge in [-0.3, -0.25) is 4.79 Å². The standard InChI is InChI=1S/C21H24N2O4/c1-14-3-5-15(6-4-14)19-20(22-9-11-27-12-10-24)17-8-7-16(26-2)13-18(17)21(25)23-19/h3-8,13,22,24H,9-12H2,1-2H3,(H,23,25). The van der Waals surface area contributed by atoms with Crippen molar-refractivity contribution in [3.05, 3.63) is 58.4 Å². The van der Waals surface area contributed by atoms with Gasteiger partial charge in [-0.15, -0.1) is 0 Å². The molecule has 3 N–H and O–H groups in total. The van der Waals surface area contributed by atoms with Crippen LogP contribution in [0.2, 0.25) is 0 Å². The molecule has 0 fully saturated rings. The number of hydrogen-bond donors (Lipinski definition) is 3. The molecule has 0 radical (unpaired) electrons. The minimum Gasteiger partial charge on any atom is -0.497 e. The second kappa shape index (κ2) is 8.70. The maximum Gasteiger partial charge on any atom is 0.256 e. The summed E-state index contributed by atoms with van der Waals surface area (Å²) in [6.45, 7) is 3.32. The van der Waals surface area contributed by atoms with Crippen LogP contribution in [0.1, 0.15) is 5.56 Å². The molecule has 6 heteroatoms. The molecule has 0 saturated heterocycles. The van der Waals surface area contributed by atoms with E-state index in [2.05, 4.69) is 10.3 Å². The Morgan fingerprint density at radius 3 is 2.56 bits per heavy atom. The van der Waals surface area contributed by atoms with E-state index in [-0.39, 0.29) is 12.2 Å². The number of aliphatic hydroxyl groups is 1.